The lowest BCUT2D eigenvalue weighted by molar-refractivity contribution is -0.385. The van der Waals surface area contributed by atoms with Gasteiger partial charge in [0, 0.05) is 12.6 Å². The van der Waals surface area contributed by atoms with Crippen molar-refractivity contribution in [2.75, 3.05) is 6.54 Å². The fraction of sp³-hybridized carbons (Fsp3) is 0.500. The Balaban J connectivity index is 2.90. The van der Waals surface area contributed by atoms with Gasteiger partial charge in [0.05, 0.1) is 16.6 Å². The molecule has 0 saturated heterocycles. The Bertz CT molecular complexity index is 588. The number of alkyl halides is 3. The Morgan fingerprint density at radius 1 is 1.39 bits per heavy atom. The number of hydrogen-bond donors (Lipinski definition) is 2. The number of nitro groups is 1. The number of benzene rings is 1. The van der Waals surface area contributed by atoms with E-state index in [1.165, 1.54) is 0 Å². The summed E-state index contributed by atoms with van der Waals surface area (Å²) in [6.45, 7) is 3.62. The van der Waals surface area contributed by atoms with Crippen LogP contribution >= 0.6 is 0 Å². The summed E-state index contributed by atoms with van der Waals surface area (Å²) < 4.78 is 37.7. The Morgan fingerprint density at radius 2 is 2.00 bits per heavy atom. The normalized spacial score (nSPS) is 13.0. The Morgan fingerprint density at radius 3 is 2.48 bits per heavy atom. The predicted octanol–water partition coefficient (Wildman–Crippen LogP) is 2.75. The van der Waals surface area contributed by atoms with Gasteiger partial charge in [0.2, 0.25) is 0 Å². The Kier molecular flexibility index (Phi) is 6.08. The number of nitrogens with zero attached hydrogens (tertiary/aromatic N) is 1. The molecule has 0 heterocycles. The first-order valence-corrected chi connectivity index (χ1v) is 6.86. The van der Waals surface area contributed by atoms with Crippen LogP contribution in [0.15, 0.2) is 18.2 Å². The molecule has 128 valence electrons. The highest BCUT2D eigenvalue weighted by atomic mass is 19.4. The minimum atomic E-state index is -4.73. The maximum Gasteiger partial charge on any atom is 0.416 e. The molecule has 1 aromatic carbocycles. The second kappa shape index (κ2) is 7.40. The summed E-state index contributed by atoms with van der Waals surface area (Å²) in [4.78, 5) is 21.8. The lowest BCUT2D eigenvalue weighted by Gasteiger charge is -2.14. The van der Waals surface area contributed by atoms with Gasteiger partial charge < -0.3 is 10.4 Å². The zero-order valence-corrected chi connectivity index (χ0v) is 12.6. The van der Waals surface area contributed by atoms with Crippen LogP contribution in [0, 0.1) is 16.0 Å². The zero-order valence-electron chi connectivity index (χ0n) is 12.6. The maximum absolute atomic E-state index is 12.6. The van der Waals surface area contributed by atoms with Crippen molar-refractivity contribution in [3.8, 4) is 0 Å². The van der Waals surface area contributed by atoms with Crippen LogP contribution in [0.1, 0.15) is 36.2 Å². The average Bonchev–Trinajstić information content (AvgIpc) is 2.45. The standard InChI is InChI=1S/C14H17F3N2O4/c1-8(2)12(20)5-6-18-13(21)10-4-3-9(14(15,16)17)7-11(10)19(22)23/h3-4,7-8,12,20H,5-6H2,1-2H3,(H,18,21). The SMILES string of the molecule is CC(C)C(O)CCNC(=O)c1ccc(C(F)(F)F)cc1[N+](=O)[O-]. The summed E-state index contributed by atoms with van der Waals surface area (Å²) in [7, 11) is 0. The molecule has 1 amide bonds. The molecule has 9 heteroatoms. The Hall–Kier alpha value is -2.16. The molecule has 0 saturated carbocycles. The molecule has 0 bridgehead atoms. The molecular weight excluding hydrogens is 317 g/mol. The van der Waals surface area contributed by atoms with Crippen LogP contribution in [0.25, 0.3) is 0 Å². The Labute approximate surface area is 130 Å². The molecule has 0 radical (unpaired) electrons. The maximum atomic E-state index is 12.6. The molecule has 0 fully saturated rings. The van der Waals surface area contributed by atoms with Crippen molar-refractivity contribution in [3.63, 3.8) is 0 Å². The number of rotatable bonds is 6. The molecule has 1 rings (SSSR count). The third-order valence-electron chi connectivity index (χ3n) is 3.26. The molecule has 0 aliphatic heterocycles. The highest BCUT2D eigenvalue weighted by Gasteiger charge is 2.34. The number of carbonyl (C=O) groups is 1. The number of hydrogen-bond acceptors (Lipinski definition) is 4. The molecule has 2 N–H and O–H groups in total. The van der Waals surface area contributed by atoms with Crippen LogP contribution < -0.4 is 5.32 Å². The van der Waals surface area contributed by atoms with Crippen LogP contribution in [0.2, 0.25) is 0 Å². The minimum Gasteiger partial charge on any atom is -0.393 e. The highest BCUT2D eigenvalue weighted by molar-refractivity contribution is 5.98. The molecule has 23 heavy (non-hydrogen) atoms. The van der Waals surface area contributed by atoms with Crippen LogP contribution in [0.4, 0.5) is 18.9 Å². The van der Waals surface area contributed by atoms with Gasteiger partial charge in [-0.2, -0.15) is 13.2 Å². The van der Waals surface area contributed by atoms with Gasteiger partial charge in [0.15, 0.2) is 0 Å². The second-order valence-corrected chi connectivity index (χ2v) is 5.34. The van der Waals surface area contributed by atoms with Gasteiger partial charge in [-0.1, -0.05) is 13.8 Å². The summed E-state index contributed by atoms with van der Waals surface area (Å²) >= 11 is 0. The molecule has 0 aliphatic carbocycles. The first-order chi connectivity index (χ1) is 10.5. The average molecular weight is 334 g/mol. The van der Waals surface area contributed by atoms with E-state index < -0.39 is 39.9 Å². The fourth-order valence-electron chi connectivity index (χ4n) is 1.81. The van der Waals surface area contributed by atoms with Gasteiger partial charge >= 0.3 is 6.18 Å². The first kappa shape index (κ1) is 18.9. The van der Waals surface area contributed by atoms with Gasteiger partial charge in [-0.25, -0.2) is 0 Å². The highest BCUT2D eigenvalue weighted by Crippen LogP contribution is 2.32. The summed E-state index contributed by atoms with van der Waals surface area (Å²) in [5, 5.41) is 22.8. The van der Waals surface area contributed by atoms with Crippen molar-refractivity contribution in [1.82, 2.24) is 5.32 Å². The quantitative estimate of drug-likeness (QED) is 0.618. The lowest BCUT2D eigenvalue weighted by atomic mass is 10.0. The number of nitro benzene ring substituents is 1. The number of carbonyl (C=O) groups excluding carboxylic acids is 1. The molecule has 0 spiro atoms. The van der Waals surface area contributed by atoms with E-state index >= 15 is 0 Å². The van der Waals surface area contributed by atoms with Crippen LogP contribution in [-0.4, -0.2) is 28.6 Å². The molecule has 6 nitrogen and oxygen atoms in total. The van der Waals surface area contributed by atoms with E-state index in [-0.39, 0.29) is 18.9 Å². The predicted molar refractivity (Wildman–Crippen MR) is 75.9 cm³/mol. The van der Waals surface area contributed by atoms with Crippen molar-refractivity contribution in [3.05, 3.63) is 39.4 Å². The van der Waals surface area contributed by atoms with Crippen molar-refractivity contribution >= 4 is 11.6 Å². The lowest BCUT2D eigenvalue weighted by Crippen LogP contribution is -2.29. The van der Waals surface area contributed by atoms with Crippen molar-refractivity contribution in [2.24, 2.45) is 5.92 Å². The zero-order chi connectivity index (χ0) is 17.8. The third kappa shape index (κ3) is 5.20. The molecule has 1 aromatic rings. The van der Waals surface area contributed by atoms with E-state index in [2.05, 4.69) is 5.32 Å². The van der Waals surface area contributed by atoms with Gasteiger partial charge in [0.1, 0.15) is 5.56 Å². The van der Waals surface area contributed by atoms with E-state index in [1.54, 1.807) is 13.8 Å². The fourth-order valence-corrected chi connectivity index (χ4v) is 1.81. The largest absolute Gasteiger partial charge is 0.416 e. The van der Waals surface area contributed by atoms with Crippen molar-refractivity contribution in [1.29, 1.82) is 0 Å². The van der Waals surface area contributed by atoms with E-state index in [0.29, 0.717) is 12.1 Å². The summed E-state index contributed by atoms with van der Waals surface area (Å²) in [6.07, 6.45) is -5.16. The smallest absolute Gasteiger partial charge is 0.393 e. The minimum absolute atomic E-state index is 0.0210. The number of aliphatic hydroxyl groups is 1. The monoisotopic (exact) mass is 334 g/mol. The van der Waals surface area contributed by atoms with Gasteiger partial charge in [-0.3, -0.25) is 14.9 Å². The number of nitrogens with one attached hydrogen (secondary N) is 1. The van der Waals surface area contributed by atoms with Gasteiger partial charge in [-0.15, -0.1) is 0 Å². The number of aliphatic hydroxyl groups excluding tert-OH is 1. The first-order valence-electron chi connectivity index (χ1n) is 6.86. The van der Waals surface area contributed by atoms with E-state index in [1.807, 2.05) is 0 Å². The van der Waals surface area contributed by atoms with Gasteiger partial charge in [-0.05, 0) is 24.5 Å². The van der Waals surface area contributed by atoms with E-state index in [4.69, 9.17) is 0 Å². The third-order valence-corrected chi connectivity index (χ3v) is 3.26. The molecular formula is C14H17F3N2O4. The van der Waals surface area contributed by atoms with E-state index in [9.17, 15) is 33.2 Å². The van der Waals surface area contributed by atoms with E-state index in [0.717, 1.165) is 6.07 Å². The topological polar surface area (TPSA) is 92.5 Å². The summed E-state index contributed by atoms with van der Waals surface area (Å²) in [6, 6.07) is 1.72. The van der Waals surface area contributed by atoms with Crippen LogP contribution in [0.3, 0.4) is 0 Å². The number of amides is 1. The molecule has 1 atom stereocenters. The molecule has 0 aromatic heterocycles. The summed E-state index contributed by atoms with van der Waals surface area (Å²) in [5.74, 6) is -0.881. The van der Waals surface area contributed by atoms with Crippen molar-refractivity contribution < 1.29 is 28.0 Å². The van der Waals surface area contributed by atoms with Crippen molar-refractivity contribution in [2.45, 2.75) is 32.5 Å². The molecule has 1 unspecified atom stereocenters. The van der Waals surface area contributed by atoms with Crippen LogP contribution in [-0.2, 0) is 6.18 Å². The van der Waals surface area contributed by atoms with Crippen LogP contribution in [0.5, 0.6) is 0 Å². The summed E-state index contributed by atoms with van der Waals surface area (Å²) in [5.41, 5.74) is -2.57. The number of halogens is 3. The second-order valence-electron chi connectivity index (χ2n) is 5.34. The molecule has 0 aliphatic rings. The van der Waals surface area contributed by atoms with Gasteiger partial charge in [0.25, 0.3) is 11.6 Å².